The number of hydrogen-bond acceptors (Lipinski definition) is 5. The van der Waals surface area contributed by atoms with Crippen molar-refractivity contribution in [3.05, 3.63) is 58.7 Å². The zero-order chi connectivity index (χ0) is 21.3. The minimum absolute atomic E-state index is 0.0327. The fourth-order valence-electron chi connectivity index (χ4n) is 4.20. The first-order chi connectivity index (χ1) is 14.4. The second-order valence-corrected chi connectivity index (χ2v) is 8.46. The molecule has 0 spiro atoms. The molecule has 2 aliphatic heterocycles. The molecule has 2 aromatic rings. The van der Waals surface area contributed by atoms with Crippen molar-refractivity contribution in [1.29, 1.82) is 5.26 Å². The number of carboxylic acids is 1. The molecule has 1 saturated heterocycles. The number of carboxylic acid groups (broad SMARTS) is 1. The van der Waals surface area contributed by atoms with E-state index in [0.29, 0.717) is 24.4 Å². The Morgan fingerprint density at radius 1 is 1.23 bits per heavy atom. The molecule has 6 nitrogen and oxygen atoms in total. The fourth-order valence-corrected chi connectivity index (χ4v) is 4.20. The number of carbonyl (C=O) groups is 1. The Kier molecular flexibility index (Phi) is 5.65. The fraction of sp³-hybridized carbons (Fsp3) is 0.417. The molecule has 2 aliphatic rings. The van der Waals surface area contributed by atoms with Gasteiger partial charge in [-0.2, -0.15) is 5.26 Å². The molecule has 2 heterocycles. The lowest BCUT2D eigenvalue weighted by Gasteiger charge is -2.37. The summed E-state index contributed by atoms with van der Waals surface area (Å²) in [7, 11) is 0. The van der Waals surface area contributed by atoms with Crippen LogP contribution in [0.5, 0.6) is 5.75 Å². The van der Waals surface area contributed by atoms with E-state index < -0.39 is 5.97 Å². The predicted octanol–water partition coefficient (Wildman–Crippen LogP) is 3.42. The third-order valence-electron chi connectivity index (χ3n) is 5.81. The summed E-state index contributed by atoms with van der Waals surface area (Å²) in [6, 6.07) is 14.7. The number of anilines is 1. The molecule has 30 heavy (non-hydrogen) atoms. The van der Waals surface area contributed by atoms with Crippen LogP contribution in [0.15, 0.2) is 36.4 Å². The molecule has 0 aliphatic carbocycles. The third kappa shape index (κ3) is 4.27. The number of aliphatic carboxylic acids is 1. The van der Waals surface area contributed by atoms with E-state index in [1.54, 1.807) is 0 Å². The number of nitriles is 1. The largest absolute Gasteiger partial charge is 0.490 e. The van der Waals surface area contributed by atoms with Crippen LogP contribution < -0.4 is 9.64 Å². The van der Waals surface area contributed by atoms with Crippen LogP contribution in [-0.4, -0.2) is 41.7 Å². The smallest absolute Gasteiger partial charge is 0.309 e. The highest BCUT2D eigenvalue weighted by molar-refractivity contribution is 5.71. The molecule has 6 heteroatoms. The van der Waals surface area contributed by atoms with Gasteiger partial charge in [0.2, 0.25) is 0 Å². The van der Waals surface area contributed by atoms with Crippen molar-refractivity contribution in [3.8, 4) is 11.8 Å². The van der Waals surface area contributed by atoms with Gasteiger partial charge in [0.1, 0.15) is 11.8 Å². The highest BCUT2D eigenvalue weighted by Crippen LogP contribution is 2.30. The van der Waals surface area contributed by atoms with E-state index in [9.17, 15) is 10.1 Å². The molecule has 0 aromatic heterocycles. The summed E-state index contributed by atoms with van der Waals surface area (Å²) in [4.78, 5) is 15.4. The molecule has 1 N–H and O–H groups in total. The van der Waals surface area contributed by atoms with E-state index in [4.69, 9.17) is 9.84 Å². The average molecular weight is 405 g/mol. The van der Waals surface area contributed by atoms with Crippen LogP contribution in [0.1, 0.15) is 36.1 Å². The summed E-state index contributed by atoms with van der Waals surface area (Å²) >= 11 is 0. The maximum Gasteiger partial charge on any atom is 0.309 e. The molecule has 0 atom stereocenters. The zero-order valence-corrected chi connectivity index (χ0v) is 17.5. The van der Waals surface area contributed by atoms with Gasteiger partial charge in [-0.1, -0.05) is 18.2 Å². The Labute approximate surface area is 177 Å². The van der Waals surface area contributed by atoms with Crippen LogP contribution in [0, 0.1) is 17.2 Å². The van der Waals surface area contributed by atoms with E-state index in [2.05, 4.69) is 34.1 Å². The van der Waals surface area contributed by atoms with Gasteiger partial charge in [-0.25, -0.2) is 0 Å². The molecule has 0 saturated carbocycles. The average Bonchev–Trinajstić information content (AvgIpc) is 2.69. The first-order valence-electron chi connectivity index (χ1n) is 10.4. The normalized spacial score (nSPS) is 16.7. The lowest BCUT2D eigenvalue weighted by atomic mass is 9.95. The summed E-state index contributed by atoms with van der Waals surface area (Å²) in [5, 5.41) is 18.5. The van der Waals surface area contributed by atoms with E-state index in [-0.39, 0.29) is 12.0 Å². The first kappa shape index (κ1) is 20.2. The third-order valence-corrected chi connectivity index (χ3v) is 5.81. The Hall–Kier alpha value is -3.04. The van der Waals surface area contributed by atoms with Crippen LogP contribution in [-0.2, 0) is 24.3 Å². The maximum atomic E-state index is 11.0. The summed E-state index contributed by atoms with van der Waals surface area (Å²) in [5.41, 5.74) is 5.51. The quantitative estimate of drug-likeness (QED) is 0.794. The zero-order valence-electron chi connectivity index (χ0n) is 17.5. The summed E-state index contributed by atoms with van der Waals surface area (Å²) in [6.45, 7) is 7.71. The van der Waals surface area contributed by atoms with Gasteiger partial charge >= 0.3 is 5.97 Å². The first-order valence-corrected chi connectivity index (χ1v) is 10.4. The van der Waals surface area contributed by atoms with Crippen LogP contribution in [0.2, 0.25) is 0 Å². The SMILES string of the molecule is CC(C)Oc1ccc(N2CCc3cc(CN4CC(C(=O)O)C4)ccc3C2)cc1C#N. The molecule has 0 bridgehead atoms. The van der Waals surface area contributed by atoms with Crippen LogP contribution in [0.4, 0.5) is 5.69 Å². The van der Waals surface area contributed by atoms with Crippen molar-refractivity contribution >= 4 is 11.7 Å². The highest BCUT2D eigenvalue weighted by atomic mass is 16.5. The Morgan fingerprint density at radius 2 is 2.03 bits per heavy atom. The molecular weight excluding hydrogens is 378 g/mol. The van der Waals surface area contributed by atoms with Gasteiger partial charge < -0.3 is 14.7 Å². The molecule has 0 unspecified atom stereocenters. The number of ether oxygens (including phenoxy) is 1. The standard InChI is InChI=1S/C24H27N3O3/c1-16(2)30-23-6-5-22(10-20(23)11-25)27-8-7-18-9-17(3-4-19(18)15-27)12-26-13-21(14-26)24(28)29/h3-6,9-10,16,21H,7-8,12-15H2,1-2H3,(H,28,29). The van der Waals surface area contributed by atoms with E-state index in [1.165, 1.54) is 16.7 Å². The van der Waals surface area contributed by atoms with Crippen molar-refractivity contribution in [3.63, 3.8) is 0 Å². The molecule has 2 aromatic carbocycles. The lowest BCUT2D eigenvalue weighted by molar-refractivity contribution is -0.147. The summed E-state index contributed by atoms with van der Waals surface area (Å²) in [5.74, 6) is -0.276. The molecule has 0 amide bonds. The molecule has 1 fully saturated rings. The van der Waals surface area contributed by atoms with E-state index in [0.717, 1.165) is 31.7 Å². The number of likely N-dealkylation sites (tertiary alicyclic amines) is 1. The minimum Gasteiger partial charge on any atom is -0.490 e. The molecule has 0 radical (unpaired) electrons. The van der Waals surface area contributed by atoms with Gasteiger partial charge in [-0.3, -0.25) is 9.69 Å². The van der Waals surface area contributed by atoms with Gasteiger partial charge in [0.05, 0.1) is 17.6 Å². The van der Waals surface area contributed by atoms with Gasteiger partial charge in [-0.15, -0.1) is 0 Å². The van der Waals surface area contributed by atoms with E-state index in [1.807, 2.05) is 32.0 Å². The monoisotopic (exact) mass is 405 g/mol. The van der Waals surface area contributed by atoms with Crippen molar-refractivity contribution in [2.24, 2.45) is 5.92 Å². The van der Waals surface area contributed by atoms with Gasteiger partial charge in [0.15, 0.2) is 0 Å². The Balaban J connectivity index is 1.43. The number of nitrogens with zero attached hydrogens (tertiary/aromatic N) is 3. The number of fused-ring (bicyclic) bond motifs is 1. The minimum atomic E-state index is -0.694. The van der Waals surface area contributed by atoms with Crippen LogP contribution >= 0.6 is 0 Å². The highest BCUT2D eigenvalue weighted by Gasteiger charge is 2.32. The number of hydrogen-bond donors (Lipinski definition) is 1. The van der Waals surface area contributed by atoms with Crippen molar-refractivity contribution in [1.82, 2.24) is 4.90 Å². The van der Waals surface area contributed by atoms with Crippen molar-refractivity contribution in [2.45, 2.75) is 39.5 Å². The molecular formula is C24H27N3O3. The predicted molar refractivity (Wildman–Crippen MR) is 115 cm³/mol. The van der Waals surface area contributed by atoms with Gasteiger partial charge in [-0.05, 0) is 55.2 Å². The van der Waals surface area contributed by atoms with E-state index >= 15 is 0 Å². The second-order valence-electron chi connectivity index (χ2n) is 8.46. The Bertz CT molecular complexity index is 990. The van der Waals surface area contributed by atoms with Gasteiger partial charge in [0, 0.05) is 38.4 Å². The maximum absolute atomic E-state index is 11.0. The topological polar surface area (TPSA) is 76.8 Å². The van der Waals surface area contributed by atoms with Gasteiger partial charge in [0.25, 0.3) is 0 Å². The second kappa shape index (κ2) is 8.37. The summed E-state index contributed by atoms with van der Waals surface area (Å²) < 4.78 is 5.74. The van der Waals surface area contributed by atoms with Crippen molar-refractivity contribution in [2.75, 3.05) is 24.5 Å². The Morgan fingerprint density at radius 3 is 2.73 bits per heavy atom. The number of benzene rings is 2. The lowest BCUT2D eigenvalue weighted by Crippen LogP contribution is -2.49. The molecule has 4 rings (SSSR count). The summed E-state index contributed by atoms with van der Waals surface area (Å²) in [6.07, 6.45) is 0.984. The molecule has 156 valence electrons. The number of rotatable bonds is 6. The van der Waals surface area contributed by atoms with Crippen molar-refractivity contribution < 1.29 is 14.6 Å². The van der Waals surface area contributed by atoms with Crippen LogP contribution in [0.3, 0.4) is 0 Å². The van der Waals surface area contributed by atoms with Crippen LogP contribution in [0.25, 0.3) is 0 Å².